The van der Waals surface area contributed by atoms with Crippen LogP contribution in [0.4, 0.5) is 11.4 Å². The maximum absolute atomic E-state index is 2.42. The summed E-state index contributed by atoms with van der Waals surface area (Å²) in [6.07, 6.45) is 6.57. The van der Waals surface area contributed by atoms with Crippen molar-refractivity contribution in [2.75, 3.05) is 4.90 Å². The highest BCUT2D eigenvalue weighted by molar-refractivity contribution is 6.09. The molecule has 8 aromatic rings. The van der Waals surface area contributed by atoms with Crippen LogP contribution in [0.1, 0.15) is 18.4 Å². The number of anilines is 2. The van der Waals surface area contributed by atoms with Crippen LogP contribution in [0.25, 0.3) is 55.3 Å². The molecule has 0 aliphatic heterocycles. The number of rotatable bonds is 7. The fourth-order valence-corrected chi connectivity index (χ4v) is 7.61. The zero-order valence-electron chi connectivity index (χ0n) is 27.8. The van der Waals surface area contributed by atoms with Gasteiger partial charge in [-0.1, -0.05) is 146 Å². The molecule has 0 fully saturated rings. The molecule has 1 aliphatic rings. The van der Waals surface area contributed by atoms with Crippen LogP contribution < -0.4 is 4.90 Å². The van der Waals surface area contributed by atoms with Gasteiger partial charge >= 0.3 is 0 Å². The van der Waals surface area contributed by atoms with Crippen molar-refractivity contribution in [3.8, 4) is 27.9 Å². The molecule has 0 radical (unpaired) electrons. The first-order chi connectivity index (χ1) is 24.8. The minimum Gasteiger partial charge on any atom is -0.314 e. The van der Waals surface area contributed by atoms with E-state index in [1.54, 1.807) is 0 Å². The smallest absolute Gasteiger partial charge is 0.0541 e. The van der Waals surface area contributed by atoms with Gasteiger partial charge in [-0.15, -0.1) is 0 Å². The van der Waals surface area contributed by atoms with Crippen LogP contribution in [0.15, 0.2) is 200 Å². The molecular weight excluding hydrogens is 605 g/mol. The lowest BCUT2D eigenvalue weighted by atomic mass is 9.89. The molecular formula is C48H36N2. The summed E-state index contributed by atoms with van der Waals surface area (Å²) in [5, 5.41) is 2.54. The highest BCUT2D eigenvalue weighted by Crippen LogP contribution is 2.40. The van der Waals surface area contributed by atoms with Gasteiger partial charge in [0.25, 0.3) is 0 Å². The van der Waals surface area contributed by atoms with Crippen molar-refractivity contribution in [2.24, 2.45) is 0 Å². The molecule has 0 spiro atoms. The number of fused-ring (bicyclic) bond motifs is 3. The quantitative estimate of drug-likeness (QED) is 0.168. The molecule has 0 saturated heterocycles. The number of allylic oxidation sites excluding steroid dienone is 4. The molecule has 0 unspecified atom stereocenters. The van der Waals surface area contributed by atoms with Gasteiger partial charge in [0.15, 0.2) is 0 Å². The summed E-state index contributed by atoms with van der Waals surface area (Å²) in [5.41, 5.74) is 14.8. The van der Waals surface area contributed by atoms with E-state index in [2.05, 4.69) is 204 Å². The summed E-state index contributed by atoms with van der Waals surface area (Å²) in [6.45, 7) is 0. The molecule has 2 nitrogen and oxygen atoms in total. The molecule has 1 aromatic heterocycles. The fraction of sp³-hybridized carbons (Fsp3) is 0.0417. The fourth-order valence-electron chi connectivity index (χ4n) is 7.61. The highest BCUT2D eigenvalue weighted by Gasteiger charge is 2.20. The second kappa shape index (κ2) is 12.9. The molecule has 0 bridgehead atoms. The average molecular weight is 641 g/mol. The van der Waals surface area contributed by atoms with Crippen LogP contribution in [-0.2, 0) is 0 Å². The summed E-state index contributed by atoms with van der Waals surface area (Å²) in [5.74, 6) is 0. The molecule has 0 amide bonds. The van der Waals surface area contributed by atoms with Gasteiger partial charge in [0.2, 0.25) is 0 Å². The highest BCUT2D eigenvalue weighted by atomic mass is 15.1. The second-order valence-electron chi connectivity index (χ2n) is 12.9. The van der Waals surface area contributed by atoms with Crippen LogP contribution >= 0.6 is 0 Å². The van der Waals surface area contributed by atoms with E-state index >= 15 is 0 Å². The molecule has 50 heavy (non-hydrogen) atoms. The molecule has 9 rings (SSSR count). The Kier molecular flexibility index (Phi) is 7.68. The summed E-state index contributed by atoms with van der Waals surface area (Å²) in [6, 6.07) is 65.5. The first-order valence-electron chi connectivity index (χ1n) is 17.4. The van der Waals surface area contributed by atoms with Gasteiger partial charge in [0, 0.05) is 33.4 Å². The van der Waals surface area contributed by atoms with E-state index in [0.717, 1.165) is 18.5 Å². The van der Waals surface area contributed by atoms with Crippen molar-refractivity contribution >= 4 is 38.8 Å². The lowest BCUT2D eigenvalue weighted by molar-refractivity contribution is 0.930. The standard InChI is InChI=1S/C48H36N2/c1-3-15-35(16-4-1)41-19-7-8-20-42(41)36-27-31-39(32-28-36)49(38-17-5-2-6-18-38)40-33-29-37(30-34-40)43-21-9-12-24-46(43)50-47-25-13-10-22-44(47)45-23-11-14-26-48(45)50/h1-27,29-31,33-34H,28,32H2. The summed E-state index contributed by atoms with van der Waals surface area (Å²) in [4.78, 5) is 2.42. The van der Waals surface area contributed by atoms with E-state index in [-0.39, 0.29) is 0 Å². The van der Waals surface area contributed by atoms with Crippen LogP contribution in [0.3, 0.4) is 0 Å². The number of nitrogens with zero attached hydrogens (tertiary/aromatic N) is 2. The molecule has 7 aromatic carbocycles. The van der Waals surface area contributed by atoms with Gasteiger partial charge in [-0.25, -0.2) is 0 Å². The van der Waals surface area contributed by atoms with Crippen molar-refractivity contribution < 1.29 is 0 Å². The monoisotopic (exact) mass is 640 g/mol. The Morgan fingerprint density at radius 1 is 0.380 bits per heavy atom. The minimum atomic E-state index is 0.947. The SMILES string of the molecule is C1=C(c2ccccc2-c2ccccc2)CCC(N(c2ccccc2)c2ccc(-c3ccccc3-n3c4ccccc4c4ccccc43)cc2)=C1. The Morgan fingerprint density at radius 3 is 1.56 bits per heavy atom. The van der Waals surface area contributed by atoms with Gasteiger partial charge in [-0.05, 0) is 89.2 Å². The van der Waals surface area contributed by atoms with Crippen LogP contribution in [0, 0.1) is 0 Å². The largest absolute Gasteiger partial charge is 0.314 e. The van der Waals surface area contributed by atoms with Crippen molar-refractivity contribution in [2.45, 2.75) is 12.8 Å². The van der Waals surface area contributed by atoms with Crippen molar-refractivity contribution in [1.82, 2.24) is 4.57 Å². The normalized spacial score (nSPS) is 12.9. The zero-order valence-corrected chi connectivity index (χ0v) is 27.8. The number of hydrogen-bond acceptors (Lipinski definition) is 1. The summed E-state index contributed by atoms with van der Waals surface area (Å²) in [7, 11) is 0. The van der Waals surface area contributed by atoms with E-state index in [9.17, 15) is 0 Å². The Morgan fingerprint density at radius 2 is 0.900 bits per heavy atom. The van der Waals surface area contributed by atoms with E-state index in [4.69, 9.17) is 0 Å². The predicted octanol–water partition coefficient (Wildman–Crippen LogP) is 13.0. The van der Waals surface area contributed by atoms with Gasteiger partial charge in [-0.3, -0.25) is 0 Å². The number of para-hydroxylation sites is 4. The van der Waals surface area contributed by atoms with Gasteiger partial charge in [0.1, 0.15) is 0 Å². The number of benzene rings is 7. The molecule has 1 aliphatic carbocycles. The first kappa shape index (κ1) is 29.7. The predicted molar refractivity (Wildman–Crippen MR) is 212 cm³/mol. The van der Waals surface area contributed by atoms with Gasteiger partial charge in [-0.2, -0.15) is 0 Å². The second-order valence-corrected chi connectivity index (χ2v) is 12.9. The maximum atomic E-state index is 2.42. The number of aromatic nitrogens is 1. The first-order valence-corrected chi connectivity index (χ1v) is 17.4. The molecule has 0 N–H and O–H groups in total. The Balaban J connectivity index is 1.10. The molecule has 0 saturated carbocycles. The molecule has 2 heteroatoms. The molecule has 1 heterocycles. The summed E-state index contributed by atoms with van der Waals surface area (Å²) < 4.78 is 2.41. The van der Waals surface area contributed by atoms with E-state index in [0.29, 0.717) is 0 Å². The topological polar surface area (TPSA) is 8.17 Å². The third-order valence-corrected chi connectivity index (χ3v) is 9.95. The van der Waals surface area contributed by atoms with Crippen molar-refractivity contribution in [3.63, 3.8) is 0 Å². The van der Waals surface area contributed by atoms with Gasteiger partial charge < -0.3 is 9.47 Å². The van der Waals surface area contributed by atoms with E-state index in [1.165, 1.54) is 72.3 Å². The van der Waals surface area contributed by atoms with Crippen LogP contribution in [-0.4, -0.2) is 4.57 Å². The Labute approximate surface area is 293 Å². The van der Waals surface area contributed by atoms with Crippen LogP contribution in [0.5, 0.6) is 0 Å². The van der Waals surface area contributed by atoms with E-state index in [1.807, 2.05) is 0 Å². The maximum Gasteiger partial charge on any atom is 0.0541 e. The van der Waals surface area contributed by atoms with Gasteiger partial charge in [0.05, 0.1) is 16.7 Å². The third kappa shape index (κ3) is 5.32. The zero-order chi connectivity index (χ0) is 33.3. The van der Waals surface area contributed by atoms with E-state index < -0.39 is 0 Å². The minimum absolute atomic E-state index is 0.947. The van der Waals surface area contributed by atoms with Crippen LogP contribution in [0.2, 0.25) is 0 Å². The Bertz CT molecular complexity index is 2470. The molecule has 0 atom stereocenters. The lowest BCUT2D eigenvalue weighted by Crippen LogP contribution is -2.17. The Hall–Kier alpha value is -6.38. The lowest BCUT2D eigenvalue weighted by Gasteiger charge is -2.30. The molecule has 238 valence electrons. The van der Waals surface area contributed by atoms with Crippen molar-refractivity contribution in [3.05, 3.63) is 205 Å². The van der Waals surface area contributed by atoms with Crippen molar-refractivity contribution in [1.29, 1.82) is 0 Å². The number of hydrogen-bond donors (Lipinski definition) is 0. The summed E-state index contributed by atoms with van der Waals surface area (Å²) >= 11 is 0. The third-order valence-electron chi connectivity index (χ3n) is 9.95. The average Bonchev–Trinajstić information content (AvgIpc) is 3.54.